The van der Waals surface area contributed by atoms with Crippen molar-refractivity contribution in [3.63, 3.8) is 0 Å². The van der Waals surface area contributed by atoms with Crippen molar-refractivity contribution in [2.45, 2.75) is 17.8 Å². The van der Waals surface area contributed by atoms with Gasteiger partial charge in [-0.25, -0.2) is 0 Å². The van der Waals surface area contributed by atoms with E-state index in [1.54, 1.807) is 0 Å². The molecule has 0 amide bonds. The lowest BCUT2D eigenvalue weighted by atomic mass is 9.72. The smallest absolute Gasteiger partial charge is 0.411 e. The number of nitrogens with one attached hydrogen (secondary N) is 2. The number of benzene rings is 2. The van der Waals surface area contributed by atoms with Gasteiger partial charge < -0.3 is 21.1 Å². The SMILES string of the molecule is NNc1cc(C(c2ccc(O)c(NN)c2)(C(F)(F)F)C(F)(F)F)ccc1O. The molecule has 27 heavy (non-hydrogen) atoms. The second-order valence-corrected chi connectivity index (χ2v) is 5.50. The number of phenols is 2. The molecule has 6 nitrogen and oxygen atoms in total. The van der Waals surface area contributed by atoms with Crippen molar-refractivity contribution < 1.29 is 36.6 Å². The highest BCUT2D eigenvalue weighted by atomic mass is 19.4. The Morgan fingerprint density at radius 1 is 0.667 bits per heavy atom. The first kappa shape index (κ1) is 20.5. The van der Waals surface area contributed by atoms with Crippen molar-refractivity contribution in [2.75, 3.05) is 10.9 Å². The van der Waals surface area contributed by atoms with Gasteiger partial charge in [-0.2, -0.15) is 26.3 Å². The van der Waals surface area contributed by atoms with Crippen LogP contribution in [-0.4, -0.2) is 22.6 Å². The van der Waals surface area contributed by atoms with Crippen molar-refractivity contribution in [2.24, 2.45) is 11.7 Å². The Bertz CT molecular complexity index is 769. The molecule has 0 heterocycles. The molecule has 0 radical (unpaired) electrons. The zero-order chi connectivity index (χ0) is 20.6. The Balaban J connectivity index is 2.96. The van der Waals surface area contributed by atoms with Crippen LogP contribution in [0.1, 0.15) is 11.1 Å². The number of anilines is 2. The van der Waals surface area contributed by atoms with Crippen molar-refractivity contribution in [1.82, 2.24) is 0 Å². The van der Waals surface area contributed by atoms with E-state index in [2.05, 4.69) is 0 Å². The van der Waals surface area contributed by atoms with Crippen LogP contribution in [-0.2, 0) is 5.41 Å². The van der Waals surface area contributed by atoms with Crippen LogP contribution in [0.2, 0.25) is 0 Å². The van der Waals surface area contributed by atoms with Crippen molar-refractivity contribution in [3.05, 3.63) is 47.5 Å². The van der Waals surface area contributed by atoms with Gasteiger partial charge in [-0.1, -0.05) is 12.1 Å². The predicted octanol–water partition coefficient (Wildman–Crippen LogP) is 3.08. The van der Waals surface area contributed by atoms with E-state index < -0.39 is 51.8 Å². The molecule has 2 aromatic carbocycles. The lowest BCUT2D eigenvalue weighted by molar-refractivity contribution is -0.288. The number of halogens is 6. The Morgan fingerprint density at radius 3 is 1.26 bits per heavy atom. The Hall–Kier alpha value is -2.86. The fraction of sp³-hybridized carbons (Fsp3) is 0.200. The van der Waals surface area contributed by atoms with E-state index in [0.717, 1.165) is 0 Å². The van der Waals surface area contributed by atoms with Crippen LogP contribution in [0.4, 0.5) is 37.7 Å². The minimum Gasteiger partial charge on any atom is -0.506 e. The minimum atomic E-state index is -5.85. The topological polar surface area (TPSA) is 117 Å². The van der Waals surface area contributed by atoms with Gasteiger partial charge in [0.15, 0.2) is 0 Å². The van der Waals surface area contributed by atoms with Crippen molar-refractivity contribution in [1.29, 1.82) is 0 Å². The van der Waals surface area contributed by atoms with Gasteiger partial charge in [-0.15, -0.1) is 0 Å². The summed E-state index contributed by atoms with van der Waals surface area (Å²) in [5, 5.41) is 19.1. The number of aromatic hydroxyl groups is 2. The molecule has 0 atom stereocenters. The fourth-order valence-corrected chi connectivity index (χ4v) is 2.75. The number of rotatable bonds is 4. The number of alkyl halides is 6. The van der Waals surface area contributed by atoms with Gasteiger partial charge in [-0.05, 0) is 35.4 Å². The summed E-state index contributed by atoms with van der Waals surface area (Å²) in [4.78, 5) is 0. The third-order valence-electron chi connectivity index (χ3n) is 4.02. The summed E-state index contributed by atoms with van der Waals surface area (Å²) >= 11 is 0. The van der Waals surface area contributed by atoms with E-state index >= 15 is 0 Å². The highest BCUT2D eigenvalue weighted by molar-refractivity contribution is 5.63. The molecular weight excluding hydrogens is 382 g/mol. The summed E-state index contributed by atoms with van der Waals surface area (Å²) in [7, 11) is 0. The third kappa shape index (κ3) is 3.17. The maximum Gasteiger partial charge on any atom is 0.411 e. The largest absolute Gasteiger partial charge is 0.506 e. The van der Waals surface area contributed by atoms with Crippen LogP contribution < -0.4 is 22.5 Å². The van der Waals surface area contributed by atoms with Crippen LogP contribution in [0.25, 0.3) is 0 Å². The molecule has 0 saturated heterocycles. The summed E-state index contributed by atoms with van der Waals surface area (Å²) in [6.07, 6.45) is -11.7. The van der Waals surface area contributed by atoms with E-state index in [1.807, 2.05) is 10.9 Å². The van der Waals surface area contributed by atoms with E-state index in [9.17, 15) is 36.6 Å². The lowest BCUT2D eigenvalue weighted by Crippen LogP contribution is -2.54. The molecule has 0 aliphatic carbocycles. The predicted molar refractivity (Wildman–Crippen MR) is 84.7 cm³/mol. The summed E-state index contributed by atoms with van der Waals surface area (Å²) < 4.78 is 83.8. The zero-order valence-electron chi connectivity index (χ0n) is 13.3. The molecule has 0 spiro atoms. The standard InChI is InChI=1S/C15H14F6N4O2/c16-14(17,18)13(15(19,20)21,7-1-3-11(26)9(5-7)24-22)8-2-4-12(27)10(6-8)25-23/h1-6,24-27H,22-23H2. The van der Waals surface area contributed by atoms with Gasteiger partial charge in [0.05, 0.1) is 11.4 Å². The molecular formula is C15H14F6N4O2. The number of hydrogen-bond acceptors (Lipinski definition) is 6. The number of hydrogen-bond donors (Lipinski definition) is 6. The highest BCUT2D eigenvalue weighted by Crippen LogP contribution is 2.57. The molecule has 0 unspecified atom stereocenters. The molecule has 2 rings (SSSR count). The average Bonchev–Trinajstić information content (AvgIpc) is 2.55. The van der Waals surface area contributed by atoms with Crippen LogP contribution in [0.15, 0.2) is 36.4 Å². The van der Waals surface area contributed by atoms with E-state index in [0.29, 0.717) is 36.4 Å². The quantitative estimate of drug-likeness (QED) is 0.205. The van der Waals surface area contributed by atoms with E-state index in [-0.39, 0.29) is 0 Å². The van der Waals surface area contributed by atoms with Gasteiger partial charge in [0.1, 0.15) is 11.5 Å². The molecule has 2 aromatic rings. The summed E-state index contributed by atoms with van der Waals surface area (Å²) in [6, 6.07) is 3.16. The van der Waals surface area contributed by atoms with Crippen molar-refractivity contribution >= 4 is 11.4 Å². The van der Waals surface area contributed by atoms with Gasteiger partial charge >= 0.3 is 12.4 Å². The highest BCUT2D eigenvalue weighted by Gasteiger charge is 2.72. The molecule has 148 valence electrons. The minimum absolute atomic E-state index is 0.443. The average molecular weight is 396 g/mol. The first-order chi connectivity index (χ1) is 12.4. The second-order valence-electron chi connectivity index (χ2n) is 5.50. The zero-order valence-corrected chi connectivity index (χ0v) is 13.3. The molecule has 0 fully saturated rings. The molecule has 0 saturated carbocycles. The molecule has 0 aliphatic rings. The monoisotopic (exact) mass is 396 g/mol. The number of hydrazine groups is 2. The molecule has 8 N–H and O–H groups in total. The fourth-order valence-electron chi connectivity index (χ4n) is 2.75. The molecule has 0 aliphatic heterocycles. The Labute approximate surface area is 148 Å². The van der Waals surface area contributed by atoms with E-state index in [4.69, 9.17) is 11.7 Å². The van der Waals surface area contributed by atoms with Crippen molar-refractivity contribution in [3.8, 4) is 11.5 Å². The van der Waals surface area contributed by atoms with Gasteiger partial charge in [0.25, 0.3) is 0 Å². The van der Waals surface area contributed by atoms with Crippen LogP contribution in [0.3, 0.4) is 0 Å². The number of nitrogen functional groups attached to an aromatic ring is 2. The maximum absolute atomic E-state index is 14.0. The lowest BCUT2D eigenvalue weighted by Gasteiger charge is -2.38. The van der Waals surface area contributed by atoms with Gasteiger partial charge in [0.2, 0.25) is 5.41 Å². The number of phenolic OH excluding ortho intramolecular Hbond substituents is 2. The normalized spacial score (nSPS) is 12.7. The molecule has 0 aromatic heterocycles. The van der Waals surface area contributed by atoms with Crippen LogP contribution in [0.5, 0.6) is 11.5 Å². The summed E-state index contributed by atoms with van der Waals surface area (Å²) in [5.74, 6) is 8.82. The summed E-state index contributed by atoms with van der Waals surface area (Å²) in [5.41, 5.74) is -4.39. The molecule has 12 heteroatoms. The summed E-state index contributed by atoms with van der Waals surface area (Å²) in [6.45, 7) is 0. The first-order valence-electron chi connectivity index (χ1n) is 7.13. The van der Waals surface area contributed by atoms with Gasteiger partial charge in [-0.3, -0.25) is 11.7 Å². The Kier molecular flexibility index (Phi) is 5.08. The number of nitrogens with two attached hydrogens (primary N) is 2. The van der Waals surface area contributed by atoms with Crippen LogP contribution >= 0.6 is 0 Å². The first-order valence-corrected chi connectivity index (χ1v) is 7.13. The Morgan fingerprint density at radius 2 is 1.00 bits per heavy atom. The van der Waals surface area contributed by atoms with Crippen LogP contribution in [0, 0.1) is 0 Å². The maximum atomic E-state index is 14.0. The third-order valence-corrected chi connectivity index (χ3v) is 4.02. The van der Waals surface area contributed by atoms with Gasteiger partial charge in [0, 0.05) is 0 Å². The van der Waals surface area contributed by atoms with E-state index in [1.165, 1.54) is 0 Å². The second kappa shape index (κ2) is 6.70. The molecule has 0 bridgehead atoms.